The van der Waals surface area contributed by atoms with Crippen molar-refractivity contribution in [3.63, 3.8) is 0 Å². The van der Waals surface area contributed by atoms with Gasteiger partial charge in [0.25, 0.3) is 5.91 Å². The Morgan fingerprint density at radius 3 is 2.00 bits per heavy atom. The molecule has 0 aromatic rings. The highest BCUT2D eigenvalue weighted by Gasteiger charge is 2.50. The quantitative estimate of drug-likeness (QED) is 0.585. The van der Waals surface area contributed by atoms with Gasteiger partial charge in [-0.25, -0.2) is 9.69 Å². The van der Waals surface area contributed by atoms with Gasteiger partial charge >= 0.3 is 6.03 Å². The van der Waals surface area contributed by atoms with Gasteiger partial charge in [0.1, 0.15) is 5.54 Å². The average molecular weight is 254 g/mol. The van der Waals surface area contributed by atoms with Crippen molar-refractivity contribution in [1.82, 2.24) is 10.2 Å². The Bertz CT molecular complexity index is 426. The first kappa shape index (κ1) is 14.3. The molecular weight excluding hydrogens is 236 g/mol. The molecule has 1 atom stereocenters. The van der Waals surface area contributed by atoms with Crippen LogP contribution in [0.3, 0.4) is 0 Å². The number of hydrogen-bond donors (Lipinski definition) is 1. The van der Waals surface area contributed by atoms with Crippen molar-refractivity contribution in [2.24, 2.45) is 5.92 Å². The molecular formula is C12H18N2O4. The van der Waals surface area contributed by atoms with E-state index in [1.165, 1.54) is 20.8 Å². The van der Waals surface area contributed by atoms with Crippen LogP contribution in [0.15, 0.2) is 0 Å². The lowest BCUT2D eigenvalue weighted by Crippen LogP contribution is -2.51. The summed E-state index contributed by atoms with van der Waals surface area (Å²) in [7, 11) is 0. The van der Waals surface area contributed by atoms with Crippen LogP contribution in [0.25, 0.3) is 0 Å². The summed E-state index contributed by atoms with van der Waals surface area (Å²) in [6, 6.07) is -2.02. The van der Waals surface area contributed by atoms with Gasteiger partial charge in [-0.1, -0.05) is 13.8 Å². The first-order valence-electron chi connectivity index (χ1n) is 5.79. The minimum atomic E-state index is -1.32. The normalized spacial score (nSPS) is 20.0. The number of urea groups is 1. The number of nitrogens with one attached hydrogen (secondary N) is 1. The topological polar surface area (TPSA) is 83.6 Å². The van der Waals surface area contributed by atoms with Gasteiger partial charge in [0.05, 0.1) is 0 Å². The van der Waals surface area contributed by atoms with E-state index in [-0.39, 0.29) is 0 Å². The van der Waals surface area contributed by atoms with E-state index in [2.05, 4.69) is 5.32 Å². The predicted octanol–water partition coefficient (Wildman–Crippen LogP) is 0.499. The fraction of sp³-hybridized carbons (Fsp3) is 0.667. The van der Waals surface area contributed by atoms with Crippen molar-refractivity contribution in [3.8, 4) is 0 Å². The smallest absolute Gasteiger partial charge is 0.324 e. The summed E-state index contributed by atoms with van der Waals surface area (Å²) in [5.41, 5.74) is -1.08. The number of amides is 3. The number of rotatable bonds is 4. The Labute approximate surface area is 106 Å². The summed E-state index contributed by atoms with van der Waals surface area (Å²) in [5, 5.41) is 2.46. The maximum atomic E-state index is 12.0. The molecule has 3 amide bonds. The second kappa shape index (κ2) is 4.51. The van der Waals surface area contributed by atoms with E-state index in [1.54, 1.807) is 13.8 Å². The Kier molecular flexibility index (Phi) is 3.59. The number of ketones is 2. The monoisotopic (exact) mass is 254 g/mol. The van der Waals surface area contributed by atoms with Gasteiger partial charge in [-0.3, -0.25) is 14.4 Å². The van der Waals surface area contributed by atoms with E-state index in [1.807, 2.05) is 0 Å². The molecule has 0 bridgehead atoms. The largest absolute Gasteiger partial charge is 0.326 e. The van der Waals surface area contributed by atoms with Crippen molar-refractivity contribution in [2.75, 3.05) is 0 Å². The Morgan fingerprint density at radius 1 is 1.22 bits per heavy atom. The molecule has 0 saturated carbocycles. The maximum absolute atomic E-state index is 12.0. The third-order valence-electron chi connectivity index (χ3n) is 2.87. The first-order chi connectivity index (χ1) is 8.09. The van der Waals surface area contributed by atoms with Gasteiger partial charge in [0.15, 0.2) is 17.6 Å². The fourth-order valence-electron chi connectivity index (χ4n) is 1.83. The van der Waals surface area contributed by atoms with Crippen LogP contribution in [0.4, 0.5) is 4.79 Å². The molecule has 1 rings (SSSR count). The molecule has 6 heteroatoms. The highest BCUT2D eigenvalue weighted by Crippen LogP contribution is 2.21. The zero-order chi connectivity index (χ0) is 14.2. The number of Topliss-reactive ketones (excluding diaryl/α,β-unsaturated/α-hetero) is 2. The van der Waals surface area contributed by atoms with Crippen LogP contribution in [0.1, 0.15) is 34.6 Å². The second-order valence-corrected chi connectivity index (χ2v) is 5.30. The molecule has 0 aromatic carbocycles. The van der Waals surface area contributed by atoms with Crippen LogP contribution < -0.4 is 5.32 Å². The van der Waals surface area contributed by atoms with Crippen LogP contribution in [0, 0.1) is 5.92 Å². The van der Waals surface area contributed by atoms with Crippen LogP contribution in [0.5, 0.6) is 0 Å². The zero-order valence-electron chi connectivity index (χ0n) is 11.2. The van der Waals surface area contributed by atoms with Crippen LogP contribution >= 0.6 is 0 Å². The van der Waals surface area contributed by atoms with Gasteiger partial charge in [0, 0.05) is 5.92 Å². The Hall–Kier alpha value is -1.72. The Morgan fingerprint density at radius 2 is 1.72 bits per heavy atom. The number of carbonyl (C=O) groups excluding carboxylic acids is 4. The molecule has 1 aliphatic rings. The molecule has 1 fully saturated rings. The van der Waals surface area contributed by atoms with Gasteiger partial charge in [-0.2, -0.15) is 0 Å². The third kappa shape index (κ3) is 2.27. The van der Waals surface area contributed by atoms with Crippen molar-refractivity contribution in [1.29, 1.82) is 0 Å². The zero-order valence-corrected chi connectivity index (χ0v) is 11.2. The molecule has 0 aromatic heterocycles. The van der Waals surface area contributed by atoms with Crippen LogP contribution in [-0.4, -0.2) is 40.0 Å². The molecule has 100 valence electrons. The third-order valence-corrected chi connectivity index (χ3v) is 2.87. The van der Waals surface area contributed by atoms with E-state index in [9.17, 15) is 19.2 Å². The van der Waals surface area contributed by atoms with Crippen LogP contribution in [0.2, 0.25) is 0 Å². The standard InChI is InChI=1S/C12H18N2O4/c1-6(2)9(16)8(7(3)15)14-10(17)12(4,5)13-11(14)18/h6,8H,1-5H3,(H,13,18). The highest BCUT2D eigenvalue weighted by molar-refractivity contribution is 6.16. The first-order valence-corrected chi connectivity index (χ1v) is 5.79. The van der Waals surface area contributed by atoms with Gasteiger partial charge in [-0.05, 0) is 20.8 Å². The highest BCUT2D eigenvalue weighted by atomic mass is 16.2. The number of imide groups is 1. The molecule has 1 heterocycles. The maximum Gasteiger partial charge on any atom is 0.326 e. The van der Waals surface area contributed by atoms with E-state index >= 15 is 0 Å². The lowest BCUT2D eigenvalue weighted by atomic mass is 9.96. The van der Waals surface area contributed by atoms with Crippen molar-refractivity contribution in [3.05, 3.63) is 0 Å². The molecule has 18 heavy (non-hydrogen) atoms. The lowest BCUT2D eigenvalue weighted by Gasteiger charge is -2.24. The fourth-order valence-corrected chi connectivity index (χ4v) is 1.83. The minimum Gasteiger partial charge on any atom is -0.324 e. The molecule has 1 unspecified atom stereocenters. The van der Waals surface area contributed by atoms with Crippen LogP contribution in [-0.2, 0) is 14.4 Å². The molecule has 6 nitrogen and oxygen atoms in total. The summed E-state index contributed by atoms with van der Waals surface area (Å²) >= 11 is 0. The van der Waals surface area contributed by atoms with Crippen molar-refractivity contribution >= 4 is 23.5 Å². The van der Waals surface area contributed by atoms with Gasteiger partial charge in [0.2, 0.25) is 0 Å². The average Bonchev–Trinajstić information content (AvgIpc) is 2.39. The predicted molar refractivity (Wildman–Crippen MR) is 63.8 cm³/mol. The molecule has 1 aliphatic heterocycles. The molecule has 0 spiro atoms. The number of hydrogen-bond acceptors (Lipinski definition) is 4. The molecule has 1 saturated heterocycles. The summed E-state index contributed by atoms with van der Waals surface area (Å²) in [4.78, 5) is 48.1. The summed E-state index contributed by atoms with van der Waals surface area (Å²) in [6.45, 7) is 7.52. The summed E-state index contributed by atoms with van der Waals surface area (Å²) in [5.74, 6) is -1.91. The molecule has 0 radical (unpaired) electrons. The molecule has 1 N–H and O–H groups in total. The number of carbonyl (C=O) groups is 4. The Balaban J connectivity index is 3.16. The van der Waals surface area contributed by atoms with E-state index < -0.39 is 41.0 Å². The second-order valence-electron chi connectivity index (χ2n) is 5.30. The van der Waals surface area contributed by atoms with E-state index in [4.69, 9.17) is 0 Å². The van der Waals surface area contributed by atoms with E-state index in [0.717, 1.165) is 4.90 Å². The SMILES string of the molecule is CC(=O)C(C(=O)C(C)C)N1C(=O)NC(C)(C)C1=O. The van der Waals surface area contributed by atoms with Crippen molar-refractivity contribution in [2.45, 2.75) is 46.2 Å². The number of nitrogens with zero attached hydrogens (tertiary/aromatic N) is 1. The van der Waals surface area contributed by atoms with Crippen molar-refractivity contribution < 1.29 is 19.2 Å². The summed E-state index contributed by atoms with van der Waals surface area (Å²) < 4.78 is 0. The summed E-state index contributed by atoms with van der Waals surface area (Å²) in [6.07, 6.45) is 0. The van der Waals surface area contributed by atoms with Gasteiger partial charge in [-0.15, -0.1) is 0 Å². The molecule has 0 aliphatic carbocycles. The van der Waals surface area contributed by atoms with Gasteiger partial charge < -0.3 is 5.32 Å². The minimum absolute atomic E-state index is 0.427. The lowest BCUT2D eigenvalue weighted by molar-refractivity contribution is -0.143. The van der Waals surface area contributed by atoms with E-state index in [0.29, 0.717) is 0 Å².